The molecule has 192 valence electrons. The Kier molecular flexibility index (Phi) is 8.17. The van der Waals surface area contributed by atoms with Crippen molar-refractivity contribution < 1.29 is 14.6 Å². The summed E-state index contributed by atoms with van der Waals surface area (Å²) in [6, 6.07) is 6.76. The summed E-state index contributed by atoms with van der Waals surface area (Å²) in [5.41, 5.74) is 4.83. The monoisotopic (exact) mass is 482 g/mol. The summed E-state index contributed by atoms with van der Waals surface area (Å²) in [6.45, 7) is 9.30. The summed E-state index contributed by atoms with van der Waals surface area (Å²) in [6.07, 6.45) is 9.60. The predicted molar refractivity (Wildman–Crippen MR) is 140 cm³/mol. The zero-order chi connectivity index (χ0) is 25.0. The van der Waals surface area contributed by atoms with Crippen LogP contribution in [0.25, 0.3) is 16.5 Å². The Morgan fingerprint density at radius 2 is 2.03 bits per heavy atom. The van der Waals surface area contributed by atoms with Gasteiger partial charge in [-0.25, -0.2) is 9.48 Å². The van der Waals surface area contributed by atoms with E-state index < -0.39 is 6.09 Å². The van der Waals surface area contributed by atoms with Crippen LogP contribution in [0.1, 0.15) is 83.2 Å². The van der Waals surface area contributed by atoms with Gasteiger partial charge in [-0.1, -0.05) is 32.9 Å². The number of carboxylic acid groups (broad SMARTS) is 1. The number of allylic oxidation sites excluding steroid dienone is 2. The Morgan fingerprint density at radius 3 is 2.69 bits per heavy atom. The lowest BCUT2D eigenvalue weighted by Gasteiger charge is -2.29. The van der Waals surface area contributed by atoms with Gasteiger partial charge >= 0.3 is 6.09 Å². The summed E-state index contributed by atoms with van der Waals surface area (Å²) in [5, 5.41) is 15.9. The molecule has 0 saturated carbocycles. The first-order chi connectivity index (χ1) is 16.7. The van der Waals surface area contributed by atoms with E-state index in [0.29, 0.717) is 26.2 Å². The molecule has 1 unspecified atom stereocenters. The SMILES string of the molecule is CN(CCN(CC(C)(C)C)C(=O)O)Cc1nn(C2CCCCO2)c2ccc(C3=CCCCC3)cc12. The quantitative estimate of drug-likeness (QED) is 0.489. The minimum atomic E-state index is -0.858. The Bertz CT molecular complexity index is 1050. The second-order valence-electron chi connectivity index (χ2n) is 11.4. The molecule has 1 fully saturated rings. The molecule has 2 aromatic rings. The largest absolute Gasteiger partial charge is 0.465 e. The summed E-state index contributed by atoms with van der Waals surface area (Å²) < 4.78 is 8.18. The topological polar surface area (TPSA) is 70.8 Å². The summed E-state index contributed by atoms with van der Waals surface area (Å²) >= 11 is 0. The van der Waals surface area contributed by atoms with Crippen molar-refractivity contribution in [2.45, 2.75) is 78.5 Å². The van der Waals surface area contributed by atoms with E-state index in [0.717, 1.165) is 49.9 Å². The maximum absolute atomic E-state index is 11.8. The zero-order valence-corrected chi connectivity index (χ0v) is 21.9. The number of fused-ring (bicyclic) bond motifs is 1. The number of hydrogen-bond donors (Lipinski definition) is 1. The molecule has 2 aliphatic rings. The Hall–Kier alpha value is -2.38. The highest BCUT2D eigenvalue weighted by molar-refractivity contribution is 5.86. The first kappa shape index (κ1) is 25.7. The highest BCUT2D eigenvalue weighted by Gasteiger charge is 2.24. The van der Waals surface area contributed by atoms with Gasteiger partial charge in [0.1, 0.15) is 0 Å². The number of carbonyl (C=O) groups is 1. The molecule has 7 nitrogen and oxygen atoms in total. The smallest absolute Gasteiger partial charge is 0.407 e. The normalized spacial score (nSPS) is 19.2. The van der Waals surface area contributed by atoms with Gasteiger partial charge in [0.25, 0.3) is 0 Å². The maximum atomic E-state index is 11.8. The third-order valence-corrected chi connectivity index (χ3v) is 6.98. The molecular weight excluding hydrogens is 440 g/mol. The minimum absolute atomic E-state index is 0.0145. The van der Waals surface area contributed by atoms with E-state index in [-0.39, 0.29) is 11.6 Å². The first-order valence-corrected chi connectivity index (χ1v) is 13.2. The molecule has 7 heteroatoms. The van der Waals surface area contributed by atoms with Gasteiger partial charge in [-0.15, -0.1) is 0 Å². The van der Waals surface area contributed by atoms with Crippen molar-refractivity contribution in [3.63, 3.8) is 0 Å². The Balaban J connectivity index is 1.57. The summed E-state index contributed by atoms with van der Waals surface area (Å²) in [7, 11) is 2.05. The van der Waals surface area contributed by atoms with Gasteiger partial charge in [-0.2, -0.15) is 5.10 Å². The molecule has 1 aliphatic carbocycles. The second-order valence-corrected chi connectivity index (χ2v) is 11.4. The highest BCUT2D eigenvalue weighted by atomic mass is 16.5. The van der Waals surface area contributed by atoms with Crippen molar-refractivity contribution in [1.29, 1.82) is 0 Å². The molecule has 1 aromatic heterocycles. The predicted octanol–water partition coefficient (Wildman–Crippen LogP) is 6.15. The summed E-state index contributed by atoms with van der Waals surface area (Å²) in [5.74, 6) is 0. The van der Waals surface area contributed by atoms with Crippen molar-refractivity contribution in [1.82, 2.24) is 19.6 Å². The fourth-order valence-corrected chi connectivity index (χ4v) is 5.20. The average Bonchev–Trinajstić information content (AvgIpc) is 3.19. The van der Waals surface area contributed by atoms with Gasteiger partial charge in [0, 0.05) is 38.2 Å². The van der Waals surface area contributed by atoms with Gasteiger partial charge in [0.2, 0.25) is 0 Å². The second kappa shape index (κ2) is 11.1. The molecule has 1 aliphatic heterocycles. The van der Waals surface area contributed by atoms with E-state index in [2.05, 4.69) is 54.6 Å². The molecule has 1 N–H and O–H groups in total. The molecule has 1 atom stereocenters. The van der Waals surface area contributed by atoms with Crippen LogP contribution in [0.2, 0.25) is 0 Å². The van der Waals surface area contributed by atoms with Crippen molar-refractivity contribution in [2.24, 2.45) is 5.41 Å². The third kappa shape index (κ3) is 6.64. The van der Waals surface area contributed by atoms with Gasteiger partial charge < -0.3 is 14.7 Å². The van der Waals surface area contributed by atoms with Crippen LogP contribution in [-0.4, -0.2) is 64.1 Å². The van der Waals surface area contributed by atoms with Gasteiger partial charge in [-0.05, 0) is 80.7 Å². The van der Waals surface area contributed by atoms with E-state index in [9.17, 15) is 9.90 Å². The fourth-order valence-electron chi connectivity index (χ4n) is 5.20. The molecule has 0 spiro atoms. The molecule has 1 aromatic carbocycles. The number of amides is 1. The van der Waals surface area contributed by atoms with Crippen LogP contribution in [0.4, 0.5) is 4.79 Å². The number of likely N-dealkylation sites (N-methyl/N-ethyl adjacent to an activating group) is 1. The number of rotatable bonds is 8. The average molecular weight is 483 g/mol. The van der Waals surface area contributed by atoms with Crippen molar-refractivity contribution in [3.05, 3.63) is 35.5 Å². The maximum Gasteiger partial charge on any atom is 0.407 e. The Morgan fingerprint density at radius 1 is 1.20 bits per heavy atom. The van der Waals surface area contributed by atoms with Gasteiger partial charge in [-0.3, -0.25) is 4.90 Å². The van der Waals surface area contributed by atoms with Crippen molar-refractivity contribution in [2.75, 3.05) is 33.3 Å². The van der Waals surface area contributed by atoms with Crippen LogP contribution in [0.15, 0.2) is 24.3 Å². The van der Waals surface area contributed by atoms with Crippen LogP contribution in [0.5, 0.6) is 0 Å². The molecular formula is C28H42N4O3. The molecule has 2 heterocycles. The molecule has 4 rings (SSSR count). The number of hydrogen-bond acceptors (Lipinski definition) is 4. The first-order valence-electron chi connectivity index (χ1n) is 13.2. The number of ether oxygens (including phenoxy) is 1. The van der Waals surface area contributed by atoms with Crippen molar-refractivity contribution >= 4 is 22.6 Å². The van der Waals surface area contributed by atoms with Crippen LogP contribution in [0, 0.1) is 5.41 Å². The summed E-state index contributed by atoms with van der Waals surface area (Å²) in [4.78, 5) is 15.5. The number of nitrogens with zero attached hydrogens (tertiary/aromatic N) is 4. The van der Waals surface area contributed by atoms with Crippen LogP contribution in [0.3, 0.4) is 0 Å². The Labute approximate surface area is 209 Å². The number of benzene rings is 1. The lowest BCUT2D eigenvalue weighted by Crippen LogP contribution is -2.41. The van der Waals surface area contributed by atoms with Crippen LogP contribution < -0.4 is 0 Å². The van der Waals surface area contributed by atoms with E-state index >= 15 is 0 Å². The van der Waals surface area contributed by atoms with Crippen molar-refractivity contribution in [3.8, 4) is 0 Å². The minimum Gasteiger partial charge on any atom is -0.465 e. The van der Waals surface area contributed by atoms with Gasteiger partial charge in [0.15, 0.2) is 6.23 Å². The van der Waals surface area contributed by atoms with Gasteiger partial charge in [0.05, 0.1) is 11.2 Å². The lowest BCUT2D eigenvalue weighted by atomic mass is 9.93. The molecule has 1 amide bonds. The third-order valence-electron chi connectivity index (χ3n) is 6.98. The number of aromatic nitrogens is 2. The lowest BCUT2D eigenvalue weighted by molar-refractivity contribution is -0.0370. The van der Waals surface area contributed by atoms with E-state index in [1.807, 2.05) is 7.05 Å². The van der Waals surface area contributed by atoms with E-state index in [4.69, 9.17) is 9.84 Å². The zero-order valence-electron chi connectivity index (χ0n) is 21.9. The highest BCUT2D eigenvalue weighted by Crippen LogP contribution is 2.33. The fraction of sp³-hybridized carbons (Fsp3) is 0.643. The van der Waals surface area contributed by atoms with E-state index in [1.165, 1.54) is 34.3 Å². The van der Waals surface area contributed by atoms with Crippen LogP contribution in [-0.2, 0) is 11.3 Å². The molecule has 0 radical (unpaired) electrons. The molecule has 35 heavy (non-hydrogen) atoms. The molecule has 1 saturated heterocycles. The standard InChI is InChI=1S/C28H42N4O3/c1-28(2,3)20-31(27(33)34)16-15-30(4)19-24-23-18-22(21-10-6-5-7-11-21)13-14-25(23)32(29-24)26-12-8-9-17-35-26/h10,13-14,18,26H,5-9,11-12,15-17,19-20H2,1-4H3,(H,33,34). The van der Waals surface area contributed by atoms with E-state index in [1.54, 1.807) is 0 Å². The van der Waals surface area contributed by atoms with Crippen LogP contribution >= 0.6 is 0 Å². The molecule has 0 bridgehead atoms.